The van der Waals surface area contributed by atoms with Crippen LogP contribution >= 0.6 is 11.6 Å². The first-order valence-corrected chi connectivity index (χ1v) is 4.36. The Kier molecular flexibility index (Phi) is 3.24. The van der Waals surface area contributed by atoms with E-state index in [1.54, 1.807) is 6.07 Å². The molecule has 0 aromatic rings. The summed E-state index contributed by atoms with van der Waals surface area (Å²) in [5.41, 5.74) is 0. The van der Waals surface area contributed by atoms with E-state index >= 15 is 0 Å². The number of halogens is 4. The van der Waals surface area contributed by atoms with E-state index in [1.165, 1.54) is 0 Å². The smallest absolute Gasteiger partial charge is 0.313 e. The Morgan fingerprint density at radius 1 is 1.50 bits per heavy atom. The van der Waals surface area contributed by atoms with Crippen molar-refractivity contribution in [2.45, 2.75) is 24.0 Å². The molecule has 3 unspecified atom stereocenters. The van der Waals surface area contributed by atoms with Crippen LogP contribution in [0.4, 0.5) is 13.2 Å². The van der Waals surface area contributed by atoms with Crippen molar-refractivity contribution in [1.82, 2.24) is 5.06 Å². The maximum absolute atomic E-state index is 12.2. The van der Waals surface area contributed by atoms with E-state index in [0.29, 0.717) is 5.06 Å². The zero-order valence-corrected chi connectivity index (χ0v) is 7.76. The Hall–Kier alpha value is -0.510. The molecule has 0 radical (unpaired) electrons. The summed E-state index contributed by atoms with van der Waals surface area (Å²) in [5.74, 6) is -1.67. The van der Waals surface area contributed by atoms with Gasteiger partial charge < -0.3 is 5.21 Å². The number of rotatable bonds is 0. The van der Waals surface area contributed by atoms with E-state index in [4.69, 9.17) is 22.1 Å². The minimum Gasteiger partial charge on any atom is -0.313 e. The Morgan fingerprint density at radius 2 is 2.07 bits per heavy atom. The van der Waals surface area contributed by atoms with Gasteiger partial charge in [-0.25, -0.2) is 0 Å². The molecule has 0 bridgehead atoms. The zero-order valence-electron chi connectivity index (χ0n) is 7.00. The molecule has 1 aliphatic heterocycles. The van der Waals surface area contributed by atoms with Gasteiger partial charge in [-0.2, -0.15) is 23.5 Å². The lowest BCUT2D eigenvalue weighted by Gasteiger charge is -2.35. The van der Waals surface area contributed by atoms with Gasteiger partial charge in [0.15, 0.2) is 0 Å². The molecule has 1 saturated heterocycles. The van der Waals surface area contributed by atoms with Crippen molar-refractivity contribution in [3.05, 3.63) is 0 Å². The van der Waals surface area contributed by atoms with Gasteiger partial charge in [0, 0.05) is 6.54 Å². The van der Waals surface area contributed by atoms with Crippen LogP contribution in [-0.2, 0) is 0 Å². The highest BCUT2D eigenvalue weighted by molar-refractivity contribution is 6.21. The van der Waals surface area contributed by atoms with E-state index in [9.17, 15) is 13.2 Å². The minimum atomic E-state index is -4.38. The predicted molar refractivity (Wildman–Crippen MR) is 41.7 cm³/mol. The van der Waals surface area contributed by atoms with Crippen LogP contribution in [0.15, 0.2) is 0 Å². The first-order chi connectivity index (χ1) is 6.36. The molecule has 0 aliphatic carbocycles. The number of hydrogen-bond acceptors (Lipinski definition) is 3. The summed E-state index contributed by atoms with van der Waals surface area (Å²) in [7, 11) is 0. The molecule has 0 aromatic heterocycles. The molecule has 1 aliphatic rings. The van der Waals surface area contributed by atoms with Crippen molar-refractivity contribution >= 4 is 11.6 Å². The van der Waals surface area contributed by atoms with Crippen LogP contribution in [-0.4, -0.2) is 34.4 Å². The summed E-state index contributed by atoms with van der Waals surface area (Å²) < 4.78 is 36.7. The molecular weight excluding hydrogens is 221 g/mol. The van der Waals surface area contributed by atoms with Gasteiger partial charge in [-0.05, 0) is 6.42 Å². The number of nitriles is 1. The molecule has 0 aromatic carbocycles. The number of hydroxylamine groups is 2. The Labute approximate surface area is 83.6 Å². The van der Waals surface area contributed by atoms with Crippen molar-refractivity contribution in [2.24, 2.45) is 5.92 Å². The molecule has 80 valence electrons. The van der Waals surface area contributed by atoms with Gasteiger partial charge in [-0.1, -0.05) is 0 Å². The number of hydrogen-bond donors (Lipinski definition) is 1. The van der Waals surface area contributed by atoms with Crippen molar-refractivity contribution < 1.29 is 18.4 Å². The molecule has 0 saturated carbocycles. The highest BCUT2D eigenvalue weighted by atomic mass is 35.5. The van der Waals surface area contributed by atoms with Gasteiger partial charge in [-0.3, -0.25) is 0 Å². The normalized spacial score (nSPS) is 35.3. The topological polar surface area (TPSA) is 47.3 Å². The SMILES string of the molecule is N#CC1C(Cl)CC(C(F)(F)F)CN1O. The second kappa shape index (κ2) is 3.93. The summed E-state index contributed by atoms with van der Waals surface area (Å²) in [4.78, 5) is 0. The van der Waals surface area contributed by atoms with Crippen molar-refractivity contribution in [3.63, 3.8) is 0 Å². The number of piperidine rings is 1. The summed E-state index contributed by atoms with van der Waals surface area (Å²) >= 11 is 5.55. The first-order valence-electron chi connectivity index (χ1n) is 3.92. The Bertz CT molecular complexity index is 240. The van der Waals surface area contributed by atoms with Gasteiger partial charge in [0.2, 0.25) is 0 Å². The standard InChI is InChI=1S/C7H8ClF3N2O/c8-5-1-4(7(9,10)11)3-13(14)6(5)2-12/h4-6,14H,1,3H2. The molecule has 0 spiro atoms. The van der Waals surface area contributed by atoms with Crippen LogP contribution in [0.2, 0.25) is 0 Å². The van der Waals surface area contributed by atoms with E-state index in [0.717, 1.165) is 0 Å². The van der Waals surface area contributed by atoms with Crippen molar-refractivity contribution in [3.8, 4) is 6.07 Å². The van der Waals surface area contributed by atoms with Crippen LogP contribution in [0.3, 0.4) is 0 Å². The van der Waals surface area contributed by atoms with Crippen molar-refractivity contribution in [2.75, 3.05) is 6.54 Å². The third-order valence-electron chi connectivity index (χ3n) is 2.18. The van der Waals surface area contributed by atoms with E-state index in [1.807, 2.05) is 0 Å². The van der Waals surface area contributed by atoms with Crippen molar-refractivity contribution in [1.29, 1.82) is 5.26 Å². The molecule has 3 nitrogen and oxygen atoms in total. The molecule has 14 heavy (non-hydrogen) atoms. The second-order valence-electron chi connectivity index (χ2n) is 3.19. The molecule has 1 rings (SSSR count). The van der Waals surface area contributed by atoms with Crippen LogP contribution < -0.4 is 0 Å². The molecule has 1 fully saturated rings. The summed E-state index contributed by atoms with van der Waals surface area (Å²) in [6.45, 7) is -0.592. The number of alkyl halides is 4. The number of nitrogens with zero attached hydrogens (tertiary/aromatic N) is 2. The van der Waals surface area contributed by atoms with Gasteiger partial charge in [-0.15, -0.1) is 11.6 Å². The average Bonchev–Trinajstić information content (AvgIpc) is 2.01. The van der Waals surface area contributed by atoms with Crippen LogP contribution in [0.1, 0.15) is 6.42 Å². The molecule has 1 N–H and O–H groups in total. The fourth-order valence-electron chi connectivity index (χ4n) is 1.39. The fraction of sp³-hybridized carbons (Fsp3) is 0.857. The van der Waals surface area contributed by atoms with Gasteiger partial charge >= 0.3 is 6.18 Å². The second-order valence-corrected chi connectivity index (χ2v) is 3.75. The molecular formula is C7H8ClF3N2O. The monoisotopic (exact) mass is 228 g/mol. The van der Waals surface area contributed by atoms with Gasteiger partial charge in [0.05, 0.1) is 17.4 Å². The van der Waals surface area contributed by atoms with Crippen LogP contribution in [0.25, 0.3) is 0 Å². The molecule has 1 heterocycles. The maximum Gasteiger partial charge on any atom is 0.393 e. The molecule has 0 amide bonds. The van der Waals surface area contributed by atoms with E-state index in [2.05, 4.69) is 0 Å². The fourth-order valence-corrected chi connectivity index (χ4v) is 1.79. The minimum absolute atomic E-state index is 0.333. The molecule has 3 atom stereocenters. The summed E-state index contributed by atoms with van der Waals surface area (Å²) in [6, 6.07) is 0.592. The van der Waals surface area contributed by atoms with E-state index in [-0.39, 0.29) is 6.42 Å². The highest BCUT2D eigenvalue weighted by Gasteiger charge is 2.47. The quantitative estimate of drug-likeness (QED) is 0.643. The zero-order chi connectivity index (χ0) is 10.9. The van der Waals surface area contributed by atoms with Gasteiger partial charge in [0.25, 0.3) is 0 Å². The largest absolute Gasteiger partial charge is 0.393 e. The third kappa shape index (κ3) is 2.29. The third-order valence-corrected chi connectivity index (χ3v) is 2.59. The Morgan fingerprint density at radius 3 is 2.43 bits per heavy atom. The predicted octanol–water partition coefficient (Wildman–Crippen LogP) is 1.76. The lowest BCUT2D eigenvalue weighted by atomic mass is 9.94. The Balaban J connectivity index is 2.71. The van der Waals surface area contributed by atoms with Crippen LogP contribution in [0.5, 0.6) is 0 Å². The van der Waals surface area contributed by atoms with Crippen LogP contribution in [0, 0.1) is 17.2 Å². The summed E-state index contributed by atoms with van der Waals surface area (Å²) in [5, 5.41) is 17.0. The highest BCUT2D eigenvalue weighted by Crippen LogP contribution is 2.36. The lowest BCUT2D eigenvalue weighted by Crippen LogP contribution is -2.50. The lowest BCUT2D eigenvalue weighted by molar-refractivity contribution is -0.224. The first kappa shape index (κ1) is 11.6. The average molecular weight is 229 g/mol. The molecule has 7 heteroatoms. The van der Waals surface area contributed by atoms with E-state index < -0.39 is 30.1 Å². The summed E-state index contributed by atoms with van der Waals surface area (Å²) in [6.07, 6.45) is -4.71. The maximum atomic E-state index is 12.2. The van der Waals surface area contributed by atoms with Gasteiger partial charge in [0.1, 0.15) is 6.04 Å².